The van der Waals surface area contributed by atoms with E-state index in [2.05, 4.69) is 17.2 Å². The minimum atomic E-state index is -2.11. The normalized spacial score (nSPS) is 22.6. The maximum absolute atomic E-state index is 16.2. The molecule has 1 spiro atoms. The molecule has 0 saturated carbocycles. The lowest BCUT2D eigenvalue weighted by Crippen LogP contribution is -2.57. The second-order valence-electron chi connectivity index (χ2n) is 16.4. The summed E-state index contributed by atoms with van der Waals surface area (Å²) in [6.45, 7) is 3.23. The molecule has 2 saturated heterocycles. The third kappa shape index (κ3) is 7.83. The Morgan fingerprint density at radius 1 is 0.800 bits per heavy atom. The zero-order valence-electron chi connectivity index (χ0n) is 36.2. The Bertz CT molecular complexity index is 2660. The van der Waals surface area contributed by atoms with Gasteiger partial charge in [-0.3, -0.25) is 19.3 Å². The Kier molecular flexibility index (Phi) is 12.4. The zero-order valence-corrected chi connectivity index (χ0v) is 36.2. The van der Waals surface area contributed by atoms with Gasteiger partial charge in [-0.25, -0.2) is 14.5 Å². The minimum Gasteiger partial charge on any atom is -0.497 e. The molecule has 4 amide bonds. The first-order valence-electron chi connectivity index (χ1n) is 21.2. The lowest BCUT2D eigenvalue weighted by Gasteiger charge is -2.46. The van der Waals surface area contributed by atoms with Gasteiger partial charge in [0.25, 0.3) is 0 Å². The number of hydrogen-bond donors (Lipinski definition) is 3. The van der Waals surface area contributed by atoms with Crippen LogP contribution in [-0.4, -0.2) is 79.3 Å². The number of primary amides is 1. The van der Waals surface area contributed by atoms with Gasteiger partial charge in [-0.05, 0) is 82.8 Å². The van der Waals surface area contributed by atoms with Crippen molar-refractivity contribution in [3.05, 3.63) is 161 Å². The number of urea groups is 1. The number of nitrogens with two attached hydrogens (primary N) is 1. The van der Waals surface area contributed by atoms with Crippen LogP contribution in [0.3, 0.4) is 0 Å². The van der Waals surface area contributed by atoms with Gasteiger partial charge in [0.15, 0.2) is 0 Å². The number of benzene rings is 5. The molecule has 0 aliphatic carbocycles. The number of esters is 2. The van der Waals surface area contributed by atoms with Gasteiger partial charge in [-0.1, -0.05) is 98.5 Å². The Morgan fingerprint density at radius 3 is 2.02 bits per heavy atom. The molecular weight excluding hydrogens is 829 g/mol. The van der Waals surface area contributed by atoms with Gasteiger partial charge in [-0.15, -0.1) is 0 Å². The number of fused-ring (bicyclic) bond motifs is 3. The minimum absolute atomic E-state index is 0.0184. The highest BCUT2D eigenvalue weighted by molar-refractivity contribution is 6.25. The summed E-state index contributed by atoms with van der Waals surface area (Å²) in [7, 11) is 2.77. The topological polar surface area (TPSA) is 187 Å². The van der Waals surface area contributed by atoms with Crippen LogP contribution >= 0.6 is 0 Å². The van der Waals surface area contributed by atoms with Crippen molar-refractivity contribution in [2.45, 2.75) is 49.5 Å². The number of nitrogens with one attached hydrogen (secondary N) is 1. The van der Waals surface area contributed by atoms with Crippen LogP contribution in [0.1, 0.15) is 65.4 Å². The number of morpholine rings is 1. The Morgan fingerprint density at radius 2 is 1.42 bits per heavy atom. The van der Waals surface area contributed by atoms with Crippen LogP contribution in [0.15, 0.2) is 127 Å². The first kappa shape index (κ1) is 44.1. The zero-order chi connectivity index (χ0) is 46.0. The Hall–Kier alpha value is -7.47. The van der Waals surface area contributed by atoms with Crippen molar-refractivity contribution in [3.63, 3.8) is 0 Å². The van der Waals surface area contributed by atoms with Crippen LogP contribution in [0.25, 0.3) is 0 Å². The van der Waals surface area contributed by atoms with Gasteiger partial charge in [-0.2, -0.15) is 0 Å². The van der Waals surface area contributed by atoms with Crippen LogP contribution in [0.2, 0.25) is 0 Å². The number of carbonyl (C=O) groups excluding carboxylic acids is 5. The molecule has 0 aromatic heterocycles. The SMILES string of the molecule is COC(=O)[C@@H](NC(=O)N1C(=O)[C@@]2(c3cc(C#Cc4ccc(OC)cc4)ccc31)[C@H](C(N)=O)[C@H]1C(=O)O[C@H](c3ccccc3)[C@H](c3ccccc3)N1[C@@H]2c1ccc(OCCO)cc1)C(C)C. The number of carbonyl (C=O) groups is 5. The number of imide groups is 1. The molecule has 3 heterocycles. The maximum Gasteiger partial charge on any atom is 0.329 e. The van der Waals surface area contributed by atoms with E-state index in [0.717, 1.165) is 4.90 Å². The van der Waals surface area contributed by atoms with E-state index in [0.29, 0.717) is 39.3 Å². The average Bonchev–Trinajstić information content (AvgIpc) is 3.78. The summed E-state index contributed by atoms with van der Waals surface area (Å²) in [5.74, 6) is 1.93. The molecule has 0 radical (unpaired) electrons. The molecule has 5 aromatic carbocycles. The summed E-state index contributed by atoms with van der Waals surface area (Å²) in [5, 5.41) is 12.2. The van der Waals surface area contributed by atoms with Crippen LogP contribution < -0.4 is 25.4 Å². The summed E-state index contributed by atoms with van der Waals surface area (Å²) in [6, 6.07) is 31.8. The predicted octanol–water partition coefficient (Wildman–Crippen LogP) is 5.52. The van der Waals surface area contributed by atoms with Crippen LogP contribution in [-0.2, 0) is 34.1 Å². The molecular formula is C51H48N4O10. The molecule has 14 nitrogen and oxygen atoms in total. The monoisotopic (exact) mass is 876 g/mol. The van der Waals surface area contributed by atoms with E-state index in [1.165, 1.54) is 7.11 Å². The molecule has 3 aliphatic rings. The standard InChI is InChI=1S/C51H48N4O10/c1-30(2)41(47(58)63-4)53-50(61)54-39-26-19-32(16-15-31-17-22-36(62-3)23-18-31)29-38(39)51(49(54)60)40(46(52)57)43-48(59)65-44(34-13-9-6-10-14-34)42(33-11-7-5-8-12-33)55(43)45(51)35-20-24-37(25-21-35)64-28-27-56/h5-14,17-26,29-30,40-45,56H,27-28H2,1-4H3,(H2,52,57)(H,53,61)/t40-,41-,42-,43-,44+,45+,51-/m0/s1. The first-order chi connectivity index (χ1) is 31.4. The van der Waals surface area contributed by atoms with Crippen molar-refractivity contribution >= 4 is 35.5 Å². The Labute approximate surface area is 376 Å². The number of ether oxygens (including phenoxy) is 4. The van der Waals surface area contributed by atoms with Gasteiger partial charge in [0.05, 0.1) is 44.5 Å². The van der Waals surface area contributed by atoms with Gasteiger partial charge < -0.3 is 35.1 Å². The number of amides is 4. The molecule has 3 aliphatic heterocycles. The second-order valence-corrected chi connectivity index (χ2v) is 16.4. The number of methoxy groups -OCH3 is 2. The molecule has 4 N–H and O–H groups in total. The molecule has 5 aromatic rings. The molecule has 2 fully saturated rings. The average molecular weight is 877 g/mol. The van der Waals surface area contributed by atoms with E-state index in [9.17, 15) is 24.3 Å². The molecule has 8 rings (SSSR count). The molecule has 65 heavy (non-hydrogen) atoms. The molecule has 7 atom stereocenters. The molecule has 332 valence electrons. The van der Waals surface area contributed by atoms with Gasteiger partial charge in [0, 0.05) is 11.1 Å². The summed E-state index contributed by atoms with van der Waals surface area (Å²) in [4.78, 5) is 76.3. The van der Waals surface area contributed by atoms with E-state index < -0.39 is 77.3 Å². The van der Waals surface area contributed by atoms with Crippen molar-refractivity contribution in [1.29, 1.82) is 0 Å². The second kappa shape index (κ2) is 18.3. The highest BCUT2D eigenvalue weighted by Gasteiger charge is 2.75. The van der Waals surface area contributed by atoms with Crippen LogP contribution in [0.4, 0.5) is 10.5 Å². The largest absolute Gasteiger partial charge is 0.497 e. The summed E-state index contributed by atoms with van der Waals surface area (Å²) in [5.41, 5.74) is 7.63. The predicted molar refractivity (Wildman–Crippen MR) is 238 cm³/mol. The van der Waals surface area contributed by atoms with Crippen LogP contribution in [0.5, 0.6) is 11.5 Å². The van der Waals surface area contributed by atoms with E-state index in [1.807, 2.05) is 65.6 Å². The van der Waals surface area contributed by atoms with Gasteiger partial charge in [0.2, 0.25) is 11.8 Å². The van der Waals surface area contributed by atoms with E-state index >= 15 is 4.79 Å². The van der Waals surface area contributed by atoms with Crippen molar-refractivity contribution < 1.29 is 48.0 Å². The number of anilines is 1. The highest BCUT2D eigenvalue weighted by atomic mass is 16.6. The lowest BCUT2D eigenvalue weighted by molar-refractivity contribution is -0.178. The number of aliphatic hydroxyl groups is 1. The first-order valence-corrected chi connectivity index (χ1v) is 21.2. The van der Waals surface area contributed by atoms with E-state index in [-0.39, 0.29) is 24.5 Å². The number of rotatable bonds is 11. The summed E-state index contributed by atoms with van der Waals surface area (Å²) in [6.07, 6.45) is -0.940. The van der Waals surface area contributed by atoms with Crippen molar-refractivity contribution in [3.8, 4) is 23.3 Å². The maximum atomic E-state index is 16.2. The van der Waals surface area contributed by atoms with Gasteiger partial charge >= 0.3 is 18.0 Å². The van der Waals surface area contributed by atoms with E-state index in [1.54, 1.807) is 87.7 Å². The third-order valence-electron chi connectivity index (χ3n) is 12.4. The van der Waals surface area contributed by atoms with Crippen molar-refractivity contribution in [2.75, 3.05) is 32.3 Å². The molecule has 0 bridgehead atoms. The van der Waals surface area contributed by atoms with Gasteiger partial charge in [0.1, 0.15) is 41.7 Å². The van der Waals surface area contributed by atoms with Crippen molar-refractivity contribution in [1.82, 2.24) is 10.2 Å². The Balaban J connectivity index is 1.42. The fraction of sp³-hybridized carbons (Fsp3) is 0.275. The summed E-state index contributed by atoms with van der Waals surface area (Å²) < 4.78 is 22.5. The number of nitrogens with zero attached hydrogens (tertiary/aromatic N) is 2. The van der Waals surface area contributed by atoms with E-state index in [4.69, 9.17) is 24.7 Å². The quantitative estimate of drug-likeness (QED) is 0.112. The number of hydrogen-bond acceptors (Lipinski definition) is 11. The number of aliphatic hydroxyl groups excluding tert-OH is 1. The number of cyclic esters (lactones) is 1. The highest BCUT2D eigenvalue weighted by Crippen LogP contribution is 2.65. The third-order valence-corrected chi connectivity index (χ3v) is 12.4. The molecule has 0 unspecified atom stereocenters. The smallest absolute Gasteiger partial charge is 0.329 e. The lowest BCUT2D eigenvalue weighted by atomic mass is 9.65. The van der Waals surface area contributed by atoms with Crippen LogP contribution in [0, 0.1) is 23.7 Å². The summed E-state index contributed by atoms with van der Waals surface area (Å²) >= 11 is 0. The molecule has 14 heteroatoms. The fourth-order valence-corrected chi connectivity index (χ4v) is 9.57. The van der Waals surface area contributed by atoms with Crippen molar-refractivity contribution in [2.24, 2.45) is 17.6 Å². The fourth-order valence-electron chi connectivity index (χ4n) is 9.57.